The Labute approximate surface area is 191 Å². The number of hydrogen-bond acceptors (Lipinski definition) is 4. The zero-order chi connectivity index (χ0) is 22.8. The number of halogens is 2. The lowest BCUT2D eigenvalue weighted by molar-refractivity contribution is -0.138. The third-order valence-corrected chi connectivity index (χ3v) is 7.15. The predicted molar refractivity (Wildman–Crippen MR) is 125 cm³/mol. The Balaban J connectivity index is 2.24. The van der Waals surface area contributed by atoms with E-state index in [-0.39, 0.29) is 27.0 Å². The number of aliphatic carboxylic acids is 1. The predicted octanol–water partition coefficient (Wildman–Crippen LogP) is 5.57. The standard InChI is InChI=1S/C22H22Cl2N2O4S/c1-2-3-4-21(22(27)28)26(31(29,30)20-12-16(23)11-17(24)13-20)19-8-6-14-5-7-18(25)9-15(14)10-19/h5-13,21H,2-4,25H2,1H3,(H,27,28). The van der Waals surface area contributed by atoms with Crippen LogP contribution in [0, 0.1) is 0 Å². The fourth-order valence-corrected chi connectivity index (χ4v) is 5.76. The van der Waals surface area contributed by atoms with Crippen molar-refractivity contribution in [2.45, 2.75) is 37.1 Å². The van der Waals surface area contributed by atoms with Crippen molar-refractivity contribution < 1.29 is 18.3 Å². The van der Waals surface area contributed by atoms with E-state index in [0.29, 0.717) is 17.5 Å². The lowest BCUT2D eigenvalue weighted by Gasteiger charge is -2.30. The zero-order valence-electron chi connectivity index (χ0n) is 16.8. The fourth-order valence-electron chi connectivity index (χ4n) is 3.41. The second-order valence-electron chi connectivity index (χ2n) is 7.19. The molecule has 0 aliphatic carbocycles. The second-order valence-corrected chi connectivity index (χ2v) is 9.88. The lowest BCUT2D eigenvalue weighted by Crippen LogP contribution is -2.45. The molecule has 31 heavy (non-hydrogen) atoms. The van der Waals surface area contributed by atoms with Gasteiger partial charge in [0.2, 0.25) is 0 Å². The SMILES string of the molecule is CCCCC(C(=O)O)N(c1ccc2ccc(N)cc2c1)S(=O)(=O)c1cc(Cl)cc(Cl)c1. The number of hydrogen-bond donors (Lipinski definition) is 2. The monoisotopic (exact) mass is 480 g/mol. The third kappa shape index (κ3) is 5.06. The van der Waals surface area contributed by atoms with Crippen molar-refractivity contribution in [2.75, 3.05) is 10.0 Å². The molecule has 164 valence electrons. The molecular weight excluding hydrogens is 459 g/mol. The zero-order valence-corrected chi connectivity index (χ0v) is 19.1. The van der Waals surface area contributed by atoms with Crippen molar-refractivity contribution >= 4 is 61.3 Å². The lowest BCUT2D eigenvalue weighted by atomic mass is 10.1. The fraction of sp³-hybridized carbons (Fsp3) is 0.227. The minimum Gasteiger partial charge on any atom is -0.480 e. The van der Waals surface area contributed by atoms with Crippen molar-refractivity contribution in [3.63, 3.8) is 0 Å². The summed E-state index contributed by atoms with van der Waals surface area (Å²) in [5, 5.41) is 11.7. The van der Waals surface area contributed by atoms with Gasteiger partial charge in [-0.2, -0.15) is 0 Å². The summed E-state index contributed by atoms with van der Waals surface area (Å²) in [7, 11) is -4.30. The summed E-state index contributed by atoms with van der Waals surface area (Å²) in [5.41, 5.74) is 6.61. The van der Waals surface area contributed by atoms with Crippen LogP contribution in [0.3, 0.4) is 0 Å². The van der Waals surface area contributed by atoms with E-state index >= 15 is 0 Å². The number of carboxylic acid groups (broad SMARTS) is 1. The molecule has 0 heterocycles. The molecule has 0 saturated carbocycles. The summed E-state index contributed by atoms with van der Waals surface area (Å²) < 4.78 is 28.3. The van der Waals surface area contributed by atoms with Gasteiger partial charge in [0.1, 0.15) is 6.04 Å². The average molecular weight is 481 g/mol. The highest BCUT2D eigenvalue weighted by atomic mass is 35.5. The van der Waals surface area contributed by atoms with Crippen molar-refractivity contribution in [3.8, 4) is 0 Å². The number of nitrogens with two attached hydrogens (primary N) is 1. The maximum Gasteiger partial charge on any atom is 0.327 e. The van der Waals surface area contributed by atoms with Gasteiger partial charge in [-0.05, 0) is 59.7 Å². The topological polar surface area (TPSA) is 101 Å². The first kappa shape index (κ1) is 23.2. The molecule has 0 spiro atoms. The number of fused-ring (bicyclic) bond motifs is 1. The summed E-state index contributed by atoms with van der Waals surface area (Å²) in [4.78, 5) is 12.0. The van der Waals surface area contributed by atoms with Crippen molar-refractivity contribution in [1.82, 2.24) is 0 Å². The second kappa shape index (κ2) is 9.34. The Hall–Kier alpha value is -2.48. The molecular formula is C22H22Cl2N2O4S. The van der Waals surface area contributed by atoms with Crippen LogP contribution >= 0.6 is 23.2 Å². The number of sulfonamides is 1. The molecule has 3 N–H and O–H groups in total. The Morgan fingerprint density at radius 2 is 1.68 bits per heavy atom. The molecule has 0 radical (unpaired) electrons. The smallest absolute Gasteiger partial charge is 0.327 e. The van der Waals surface area contributed by atoms with Crippen molar-refractivity contribution in [2.24, 2.45) is 0 Å². The van der Waals surface area contributed by atoms with Gasteiger partial charge in [-0.1, -0.05) is 55.1 Å². The number of carboxylic acids is 1. The summed E-state index contributed by atoms with van der Waals surface area (Å²) in [5.74, 6) is -1.24. The van der Waals surface area contributed by atoms with E-state index in [1.54, 1.807) is 30.3 Å². The van der Waals surface area contributed by atoms with Crippen LogP contribution in [-0.2, 0) is 14.8 Å². The Morgan fingerprint density at radius 1 is 1.03 bits per heavy atom. The molecule has 0 saturated heterocycles. The highest BCUT2D eigenvalue weighted by Gasteiger charge is 2.36. The molecule has 0 aromatic heterocycles. The van der Waals surface area contributed by atoms with Crippen molar-refractivity contribution in [3.05, 3.63) is 64.6 Å². The van der Waals surface area contributed by atoms with Crippen LogP contribution in [0.4, 0.5) is 11.4 Å². The van der Waals surface area contributed by atoms with Crippen LogP contribution in [0.2, 0.25) is 10.0 Å². The molecule has 3 aromatic carbocycles. The van der Waals surface area contributed by atoms with Gasteiger partial charge < -0.3 is 10.8 Å². The summed E-state index contributed by atoms with van der Waals surface area (Å²) in [6.45, 7) is 1.91. The molecule has 1 unspecified atom stereocenters. The highest BCUT2D eigenvalue weighted by molar-refractivity contribution is 7.93. The highest BCUT2D eigenvalue weighted by Crippen LogP contribution is 2.33. The molecule has 3 rings (SSSR count). The van der Waals surface area contributed by atoms with Crippen LogP contribution in [0.1, 0.15) is 26.2 Å². The first-order valence-electron chi connectivity index (χ1n) is 9.66. The third-order valence-electron chi connectivity index (χ3n) is 4.89. The minimum absolute atomic E-state index is 0.137. The largest absolute Gasteiger partial charge is 0.480 e. The van der Waals surface area contributed by atoms with E-state index in [1.807, 2.05) is 13.0 Å². The number of benzene rings is 3. The van der Waals surface area contributed by atoms with Gasteiger partial charge in [-0.25, -0.2) is 13.2 Å². The molecule has 3 aromatic rings. The number of anilines is 2. The van der Waals surface area contributed by atoms with E-state index in [4.69, 9.17) is 28.9 Å². The van der Waals surface area contributed by atoms with E-state index < -0.39 is 22.0 Å². The van der Waals surface area contributed by atoms with Gasteiger partial charge >= 0.3 is 5.97 Å². The molecule has 0 fully saturated rings. The van der Waals surface area contributed by atoms with Gasteiger partial charge in [-0.3, -0.25) is 4.31 Å². The van der Waals surface area contributed by atoms with E-state index in [1.165, 1.54) is 18.2 Å². The summed E-state index contributed by atoms with van der Waals surface area (Å²) >= 11 is 12.1. The van der Waals surface area contributed by atoms with E-state index in [0.717, 1.165) is 16.1 Å². The Kier molecular flexibility index (Phi) is 6.99. The molecule has 0 aliphatic heterocycles. The number of rotatable bonds is 8. The van der Waals surface area contributed by atoms with Crippen LogP contribution in [0.25, 0.3) is 10.8 Å². The number of carbonyl (C=O) groups is 1. The average Bonchev–Trinajstić information content (AvgIpc) is 2.69. The van der Waals surface area contributed by atoms with E-state index in [2.05, 4.69) is 0 Å². The van der Waals surface area contributed by atoms with Gasteiger partial charge in [0, 0.05) is 15.7 Å². The van der Waals surface area contributed by atoms with Gasteiger partial charge in [-0.15, -0.1) is 0 Å². The molecule has 9 heteroatoms. The van der Waals surface area contributed by atoms with E-state index in [9.17, 15) is 18.3 Å². The number of unbranched alkanes of at least 4 members (excludes halogenated alkanes) is 1. The van der Waals surface area contributed by atoms with Gasteiger partial charge in [0.15, 0.2) is 0 Å². The first-order valence-corrected chi connectivity index (χ1v) is 11.9. The molecule has 0 amide bonds. The summed E-state index contributed by atoms with van der Waals surface area (Å²) in [6, 6.07) is 12.8. The molecule has 0 bridgehead atoms. The molecule has 1 atom stereocenters. The van der Waals surface area contributed by atoms with Crippen molar-refractivity contribution in [1.29, 1.82) is 0 Å². The summed E-state index contributed by atoms with van der Waals surface area (Å²) in [6.07, 6.45) is 1.41. The van der Waals surface area contributed by atoms with Crippen LogP contribution in [0.15, 0.2) is 59.5 Å². The normalized spacial score (nSPS) is 12.6. The number of nitrogens with zero attached hydrogens (tertiary/aromatic N) is 1. The minimum atomic E-state index is -4.30. The van der Waals surface area contributed by atoms with Crippen LogP contribution < -0.4 is 10.0 Å². The maximum absolute atomic E-state index is 13.7. The van der Waals surface area contributed by atoms with Gasteiger partial charge in [0.05, 0.1) is 10.6 Å². The molecule has 6 nitrogen and oxygen atoms in total. The maximum atomic E-state index is 13.7. The Morgan fingerprint density at radius 3 is 2.29 bits per heavy atom. The quantitative estimate of drug-likeness (QED) is 0.410. The van der Waals surface area contributed by atoms with Crippen LogP contribution in [0.5, 0.6) is 0 Å². The molecule has 0 aliphatic rings. The van der Waals surface area contributed by atoms with Gasteiger partial charge in [0.25, 0.3) is 10.0 Å². The number of nitrogen functional groups attached to an aromatic ring is 1. The first-order chi connectivity index (χ1) is 14.6. The van der Waals surface area contributed by atoms with Crippen LogP contribution in [-0.4, -0.2) is 25.5 Å². The Bertz CT molecular complexity index is 1210.